The molecule has 1 aliphatic carbocycles. The van der Waals surface area contributed by atoms with E-state index in [9.17, 15) is 0 Å². The number of rotatable bonds is 4. The van der Waals surface area contributed by atoms with E-state index in [1.165, 1.54) is 38.9 Å². The molecular formula is C34H28ClN. The van der Waals surface area contributed by atoms with Crippen LogP contribution in [0, 0.1) is 6.92 Å². The maximum atomic E-state index is 6.26. The van der Waals surface area contributed by atoms with Crippen LogP contribution >= 0.6 is 11.6 Å². The van der Waals surface area contributed by atoms with Crippen LogP contribution in [0.3, 0.4) is 0 Å². The Morgan fingerprint density at radius 2 is 1.19 bits per heavy atom. The molecule has 2 heteroatoms. The normalized spacial score (nSPS) is 13.2. The van der Waals surface area contributed by atoms with E-state index in [1.807, 2.05) is 12.1 Å². The highest BCUT2D eigenvalue weighted by Gasteiger charge is 2.35. The fourth-order valence-electron chi connectivity index (χ4n) is 5.50. The van der Waals surface area contributed by atoms with Crippen LogP contribution in [-0.4, -0.2) is 0 Å². The Morgan fingerprint density at radius 1 is 0.556 bits per heavy atom. The summed E-state index contributed by atoms with van der Waals surface area (Å²) in [5.41, 5.74) is 12.4. The maximum absolute atomic E-state index is 6.26. The standard InChI is InChI=1S/C34H28ClN/c1-23-7-6-8-25(21-23)24-11-15-27(16-12-24)36(28-17-13-26(35)14-18-28)29-19-20-31-30-9-4-5-10-32(30)34(2,3)33(31)22-29/h4-22H,1-3H3. The molecule has 0 atom stereocenters. The molecule has 0 saturated heterocycles. The molecule has 1 aliphatic rings. The number of aryl methyl sites for hydroxylation is 1. The van der Waals surface area contributed by atoms with Gasteiger partial charge >= 0.3 is 0 Å². The van der Waals surface area contributed by atoms with E-state index in [4.69, 9.17) is 11.6 Å². The highest BCUT2D eigenvalue weighted by atomic mass is 35.5. The van der Waals surface area contributed by atoms with Crippen LogP contribution in [0.4, 0.5) is 17.1 Å². The molecule has 0 bridgehead atoms. The molecule has 176 valence electrons. The predicted octanol–water partition coefficient (Wildman–Crippen LogP) is 10.1. The average Bonchev–Trinajstić information content (AvgIpc) is 3.12. The zero-order chi connectivity index (χ0) is 24.9. The molecule has 5 aromatic carbocycles. The lowest BCUT2D eigenvalue weighted by Crippen LogP contribution is -2.16. The van der Waals surface area contributed by atoms with E-state index < -0.39 is 0 Å². The summed E-state index contributed by atoms with van der Waals surface area (Å²) >= 11 is 6.26. The van der Waals surface area contributed by atoms with Gasteiger partial charge in [-0.05, 0) is 88.8 Å². The molecule has 0 N–H and O–H groups in total. The Hall–Kier alpha value is -3.81. The van der Waals surface area contributed by atoms with Gasteiger partial charge in [0.25, 0.3) is 0 Å². The van der Waals surface area contributed by atoms with E-state index in [1.54, 1.807) is 0 Å². The SMILES string of the molecule is Cc1cccc(-c2ccc(N(c3ccc(Cl)cc3)c3ccc4c(c3)C(C)(C)c3ccccc3-4)cc2)c1. The molecule has 5 aromatic rings. The summed E-state index contributed by atoms with van der Waals surface area (Å²) in [6.45, 7) is 6.78. The molecule has 36 heavy (non-hydrogen) atoms. The van der Waals surface area contributed by atoms with Crippen molar-refractivity contribution in [3.8, 4) is 22.3 Å². The molecule has 0 saturated carbocycles. The molecule has 0 unspecified atom stereocenters. The zero-order valence-corrected chi connectivity index (χ0v) is 21.6. The summed E-state index contributed by atoms with van der Waals surface area (Å²) in [6.07, 6.45) is 0. The van der Waals surface area contributed by atoms with Gasteiger partial charge in [0.2, 0.25) is 0 Å². The maximum Gasteiger partial charge on any atom is 0.0465 e. The topological polar surface area (TPSA) is 3.24 Å². The molecule has 6 rings (SSSR count). The van der Waals surface area contributed by atoms with E-state index >= 15 is 0 Å². The monoisotopic (exact) mass is 485 g/mol. The number of hydrogen-bond acceptors (Lipinski definition) is 1. The number of hydrogen-bond donors (Lipinski definition) is 0. The van der Waals surface area contributed by atoms with E-state index in [0.717, 1.165) is 22.1 Å². The Balaban J connectivity index is 1.47. The van der Waals surface area contributed by atoms with Crippen molar-refractivity contribution < 1.29 is 0 Å². The van der Waals surface area contributed by atoms with Crippen molar-refractivity contribution in [2.75, 3.05) is 4.90 Å². The molecule has 0 amide bonds. The van der Waals surface area contributed by atoms with Crippen LogP contribution in [0.5, 0.6) is 0 Å². The molecule has 0 spiro atoms. The van der Waals surface area contributed by atoms with E-state index in [0.29, 0.717) is 0 Å². The van der Waals surface area contributed by atoms with Crippen LogP contribution in [0.25, 0.3) is 22.3 Å². The lowest BCUT2D eigenvalue weighted by Gasteiger charge is -2.28. The van der Waals surface area contributed by atoms with Gasteiger partial charge in [0.15, 0.2) is 0 Å². The summed E-state index contributed by atoms with van der Waals surface area (Å²) < 4.78 is 0. The molecule has 0 aliphatic heterocycles. The minimum absolute atomic E-state index is 0.0529. The first-order valence-corrected chi connectivity index (χ1v) is 12.8. The highest BCUT2D eigenvalue weighted by Crippen LogP contribution is 2.50. The van der Waals surface area contributed by atoms with Gasteiger partial charge in [0.1, 0.15) is 0 Å². The first-order chi connectivity index (χ1) is 17.4. The molecule has 0 radical (unpaired) electrons. The fourth-order valence-corrected chi connectivity index (χ4v) is 5.62. The van der Waals surface area contributed by atoms with Gasteiger partial charge in [-0.15, -0.1) is 0 Å². The summed E-state index contributed by atoms with van der Waals surface area (Å²) in [5, 5.41) is 0.735. The zero-order valence-electron chi connectivity index (χ0n) is 20.8. The third-order valence-corrected chi connectivity index (χ3v) is 7.64. The third kappa shape index (κ3) is 3.81. The first-order valence-electron chi connectivity index (χ1n) is 12.4. The molecule has 0 aromatic heterocycles. The fraction of sp³-hybridized carbons (Fsp3) is 0.118. The largest absolute Gasteiger partial charge is 0.310 e. The first kappa shape index (κ1) is 22.6. The van der Waals surface area contributed by atoms with Crippen molar-refractivity contribution in [3.63, 3.8) is 0 Å². The highest BCUT2D eigenvalue weighted by molar-refractivity contribution is 6.30. The van der Waals surface area contributed by atoms with Crippen molar-refractivity contribution in [1.82, 2.24) is 0 Å². The smallest absolute Gasteiger partial charge is 0.0465 e. The number of fused-ring (bicyclic) bond motifs is 3. The summed E-state index contributed by atoms with van der Waals surface area (Å²) in [5.74, 6) is 0. The average molecular weight is 486 g/mol. The second-order valence-electron chi connectivity index (χ2n) is 10.1. The molecule has 0 fully saturated rings. The van der Waals surface area contributed by atoms with Crippen LogP contribution < -0.4 is 4.90 Å². The van der Waals surface area contributed by atoms with Crippen LogP contribution in [0.15, 0.2) is 115 Å². The quantitative estimate of drug-likeness (QED) is 0.244. The van der Waals surface area contributed by atoms with Crippen LogP contribution in [0.2, 0.25) is 5.02 Å². The van der Waals surface area contributed by atoms with Gasteiger partial charge in [-0.3, -0.25) is 0 Å². The Bertz CT molecular complexity index is 1560. The van der Waals surface area contributed by atoms with Gasteiger partial charge in [-0.25, -0.2) is 0 Å². The Morgan fingerprint density at radius 3 is 1.92 bits per heavy atom. The molecule has 0 heterocycles. The lowest BCUT2D eigenvalue weighted by molar-refractivity contribution is 0.660. The lowest BCUT2D eigenvalue weighted by atomic mass is 9.82. The van der Waals surface area contributed by atoms with Gasteiger partial charge in [0.05, 0.1) is 0 Å². The van der Waals surface area contributed by atoms with Crippen LogP contribution in [0.1, 0.15) is 30.5 Å². The second-order valence-corrected chi connectivity index (χ2v) is 10.6. The Labute approximate surface area is 218 Å². The number of anilines is 3. The van der Waals surface area contributed by atoms with Crippen molar-refractivity contribution in [2.24, 2.45) is 0 Å². The summed E-state index contributed by atoms with van der Waals surface area (Å²) in [7, 11) is 0. The van der Waals surface area contributed by atoms with Gasteiger partial charge in [0, 0.05) is 27.5 Å². The summed E-state index contributed by atoms with van der Waals surface area (Å²) in [4.78, 5) is 2.32. The van der Waals surface area contributed by atoms with Crippen molar-refractivity contribution in [2.45, 2.75) is 26.2 Å². The van der Waals surface area contributed by atoms with Crippen molar-refractivity contribution in [1.29, 1.82) is 0 Å². The number of nitrogens with zero attached hydrogens (tertiary/aromatic N) is 1. The van der Waals surface area contributed by atoms with E-state index in [-0.39, 0.29) is 5.41 Å². The number of benzene rings is 5. The minimum Gasteiger partial charge on any atom is -0.310 e. The number of halogens is 1. The van der Waals surface area contributed by atoms with Gasteiger partial charge in [-0.2, -0.15) is 0 Å². The Kier molecular flexibility index (Phi) is 5.47. The van der Waals surface area contributed by atoms with Crippen LogP contribution in [-0.2, 0) is 5.41 Å². The van der Waals surface area contributed by atoms with Crippen molar-refractivity contribution >= 4 is 28.7 Å². The van der Waals surface area contributed by atoms with Crippen molar-refractivity contribution in [3.05, 3.63) is 137 Å². The van der Waals surface area contributed by atoms with Gasteiger partial charge in [-0.1, -0.05) is 97.7 Å². The third-order valence-electron chi connectivity index (χ3n) is 7.39. The molecule has 1 nitrogen and oxygen atoms in total. The second kappa shape index (κ2) is 8.69. The van der Waals surface area contributed by atoms with E-state index in [2.05, 4.69) is 129 Å². The predicted molar refractivity (Wildman–Crippen MR) is 154 cm³/mol. The van der Waals surface area contributed by atoms with Gasteiger partial charge < -0.3 is 4.90 Å². The summed E-state index contributed by atoms with van der Waals surface area (Å²) in [6, 6.07) is 41.2. The minimum atomic E-state index is -0.0529. The molecular weight excluding hydrogens is 458 g/mol.